The summed E-state index contributed by atoms with van der Waals surface area (Å²) in [5.41, 5.74) is 4.82. The minimum Gasteiger partial charge on any atom is -0.367 e. The number of hydrogen-bond donors (Lipinski definition) is 1. The monoisotopic (exact) mass is 350 g/mol. The summed E-state index contributed by atoms with van der Waals surface area (Å²) in [4.78, 5) is 25.6. The van der Waals surface area contributed by atoms with Gasteiger partial charge in [0.1, 0.15) is 6.61 Å². The van der Waals surface area contributed by atoms with Gasteiger partial charge in [-0.2, -0.15) is 0 Å². The quantitative estimate of drug-likeness (QED) is 0.917. The molecular weight excluding hydrogens is 328 g/mol. The van der Waals surface area contributed by atoms with Crippen LogP contribution in [0.5, 0.6) is 0 Å². The summed E-state index contributed by atoms with van der Waals surface area (Å²) < 4.78 is 5.58. The maximum Gasteiger partial charge on any atom is 0.253 e. The molecule has 26 heavy (non-hydrogen) atoms. The largest absolute Gasteiger partial charge is 0.367 e. The van der Waals surface area contributed by atoms with E-state index < -0.39 is 0 Å². The summed E-state index contributed by atoms with van der Waals surface area (Å²) in [5.74, 6) is 0.571. The molecule has 0 bridgehead atoms. The molecule has 2 aliphatic rings. The number of carbonyl (C=O) groups is 2. The van der Waals surface area contributed by atoms with Gasteiger partial charge in [0.2, 0.25) is 5.91 Å². The van der Waals surface area contributed by atoms with Crippen molar-refractivity contribution in [1.29, 1.82) is 0 Å². The van der Waals surface area contributed by atoms with Crippen molar-refractivity contribution in [3.8, 4) is 11.1 Å². The van der Waals surface area contributed by atoms with E-state index >= 15 is 0 Å². The third kappa shape index (κ3) is 3.63. The summed E-state index contributed by atoms with van der Waals surface area (Å²) in [7, 11) is 0. The van der Waals surface area contributed by atoms with Crippen LogP contribution in [0.4, 0.5) is 11.4 Å². The summed E-state index contributed by atoms with van der Waals surface area (Å²) in [5, 5.41) is 2.81. The molecule has 5 nitrogen and oxygen atoms in total. The van der Waals surface area contributed by atoms with E-state index in [0.29, 0.717) is 12.5 Å². The molecule has 0 atom stereocenters. The third-order valence-electron chi connectivity index (χ3n) is 4.81. The fourth-order valence-corrected chi connectivity index (χ4v) is 3.34. The van der Waals surface area contributed by atoms with Gasteiger partial charge in [0.05, 0.1) is 6.61 Å². The van der Waals surface area contributed by atoms with E-state index in [-0.39, 0.29) is 18.4 Å². The highest BCUT2D eigenvalue weighted by atomic mass is 16.5. The van der Waals surface area contributed by atoms with E-state index in [1.54, 1.807) is 0 Å². The minimum atomic E-state index is -0.0910. The van der Waals surface area contributed by atoms with Crippen molar-refractivity contribution in [3.63, 3.8) is 0 Å². The van der Waals surface area contributed by atoms with Crippen LogP contribution in [0, 0.1) is 5.92 Å². The summed E-state index contributed by atoms with van der Waals surface area (Å²) in [6.45, 7) is 2.85. The molecule has 5 heteroatoms. The Morgan fingerprint density at radius 3 is 2.73 bits per heavy atom. The van der Waals surface area contributed by atoms with Gasteiger partial charge in [-0.05, 0) is 54.2 Å². The van der Waals surface area contributed by atoms with Gasteiger partial charge in [0.25, 0.3) is 5.91 Å². The Morgan fingerprint density at radius 1 is 1.15 bits per heavy atom. The molecule has 0 unspecified atom stereocenters. The first-order valence-corrected chi connectivity index (χ1v) is 8.99. The van der Waals surface area contributed by atoms with Gasteiger partial charge in [-0.25, -0.2) is 0 Å². The number of benzene rings is 2. The molecular formula is C21H22N2O3. The summed E-state index contributed by atoms with van der Waals surface area (Å²) in [6, 6.07) is 13.9. The second-order valence-electron chi connectivity index (χ2n) is 7.05. The molecule has 0 aromatic heterocycles. The highest BCUT2D eigenvalue weighted by Crippen LogP contribution is 2.35. The van der Waals surface area contributed by atoms with E-state index in [9.17, 15) is 9.59 Å². The molecule has 1 N–H and O–H groups in total. The standard InChI is InChI=1S/C21H22N2O3/c1-14(24)22-19-4-2-3-16(10-19)17-7-8-20-18(9-17)12-26-13-21(25)23(20)11-15-5-6-15/h2-4,7-10,15H,5-6,11-13H2,1H3,(H,22,24). The lowest BCUT2D eigenvalue weighted by Crippen LogP contribution is -2.34. The molecule has 1 saturated carbocycles. The van der Waals surface area contributed by atoms with Crippen LogP contribution in [0.1, 0.15) is 25.3 Å². The van der Waals surface area contributed by atoms with Gasteiger partial charge in [0.15, 0.2) is 0 Å². The molecule has 0 radical (unpaired) electrons. The summed E-state index contributed by atoms with van der Waals surface area (Å²) in [6.07, 6.45) is 2.40. The highest BCUT2D eigenvalue weighted by molar-refractivity contribution is 5.96. The van der Waals surface area contributed by atoms with Crippen molar-refractivity contribution in [2.75, 3.05) is 23.4 Å². The van der Waals surface area contributed by atoms with Crippen LogP contribution in [0.3, 0.4) is 0 Å². The van der Waals surface area contributed by atoms with Gasteiger partial charge in [-0.15, -0.1) is 0 Å². The number of fused-ring (bicyclic) bond motifs is 1. The Hall–Kier alpha value is -2.66. The van der Waals surface area contributed by atoms with Crippen molar-refractivity contribution in [1.82, 2.24) is 0 Å². The predicted octanol–water partition coefficient (Wildman–Crippen LogP) is 3.59. The average Bonchev–Trinajstić information content (AvgIpc) is 3.44. The van der Waals surface area contributed by atoms with Gasteiger partial charge in [-0.3, -0.25) is 9.59 Å². The maximum absolute atomic E-state index is 12.4. The third-order valence-corrected chi connectivity index (χ3v) is 4.81. The van der Waals surface area contributed by atoms with Crippen LogP contribution in [-0.2, 0) is 20.9 Å². The first kappa shape index (κ1) is 16.8. The number of hydrogen-bond acceptors (Lipinski definition) is 3. The van der Waals surface area contributed by atoms with Gasteiger partial charge in [0, 0.05) is 30.4 Å². The van der Waals surface area contributed by atoms with E-state index in [4.69, 9.17) is 4.74 Å². The molecule has 4 rings (SSSR count). The Kier molecular flexibility index (Phi) is 4.47. The first-order valence-electron chi connectivity index (χ1n) is 8.99. The van der Waals surface area contributed by atoms with Crippen LogP contribution in [0.15, 0.2) is 42.5 Å². The fourth-order valence-electron chi connectivity index (χ4n) is 3.34. The maximum atomic E-state index is 12.4. The average molecular weight is 350 g/mol. The number of anilines is 2. The SMILES string of the molecule is CC(=O)Nc1cccc(-c2ccc3c(c2)COCC(=O)N3CC2CC2)c1. The molecule has 1 fully saturated rings. The Balaban J connectivity index is 1.67. The molecule has 1 heterocycles. The minimum absolute atomic E-state index is 0.0380. The molecule has 1 aliphatic carbocycles. The molecule has 2 aromatic carbocycles. The lowest BCUT2D eigenvalue weighted by atomic mass is 10.0. The predicted molar refractivity (Wildman–Crippen MR) is 101 cm³/mol. The Bertz CT molecular complexity index is 858. The fraction of sp³-hybridized carbons (Fsp3) is 0.333. The Morgan fingerprint density at radius 2 is 1.96 bits per heavy atom. The number of nitrogens with zero attached hydrogens (tertiary/aromatic N) is 1. The number of carbonyl (C=O) groups excluding carboxylic acids is 2. The Labute approximate surface area is 153 Å². The van der Waals surface area contributed by atoms with Crippen LogP contribution >= 0.6 is 0 Å². The van der Waals surface area contributed by atoms with Gasteiger partial charge < -0.3 is 15.0 Å². The zero-order chi connectivity index (χ0) is 18.1. The van der Waals surface area contributed by atoms with E-state index in [2.05, 4.69) is 11.4 Å². The molecule has 1 aliphatic heterocycles. The zero-order valence-corrected chi connectivity index (χ0v) is 14.8. The molecule has 2 amide bonds. The normalized spacial score (nSPS) is 16.8. The number of amides is 2. The zero-order valence-electron chi connectivity index (χ0n) is 14.8. The van der Waals surface area contributed by atoms with Crippen LogP contribution in [0.25, 0.3) is 11.1 Å². The smallest absolute Gasteiger partial charge is 0.253 e. The van der Waals surface area contributed by atoms with Crippen LogP contribution < -0.4 is 10.2 Å². The van der Waals surface area contributed by atoms with Crippen LogP contribution in [0.2, 0.25) is 0 Å². The van der Waals surface area contributed by atoms with Crippen molar-refractivity contribution >= 4 is 23.2 Å². The molecule has 0 saturated heterocycles. The van der Waals surface area contributed by atoms with E-state index in [1.165, 1.54) is 19.8 Å². The van der Waals surface area contributed by atoms with Crippen molar-refractivity contribution in [3.05, 3.63) is 48.0 Å². The second-order valence-corrected chi connectivity index (χ2v) is 7.05. The number of ether oxygens (including phenoxy) is 1. The van der Waals surface area contributed by atoms with Gasteiger partial charge in [-0.1, -0.05) is 18.2 Å². The van der Waals surface area contributed by atoms with Crippen molar-refractivity contribution in [2.24, 2.45) is 5.92 Å². The molecule has 134 valence electrons. The van der Waals surface area contributed by atoms with E-state index in [1.807, 2.05) is 41.3 Å². The van der Waals surface area contributed by atoms with E-state index in [0.717, 1.165) is 34.6 Å². The summed E-state index contributed by atoms with van der Waals surface area (Å²) >= 11 is 0. The highest BCUT2D eigenvalue weighted by Gasteiger charge is 2.30. The van der Waals surface area contributed by atoms with Gasteiger partial charge >= 0.3 is 0 Å². The number of rotatable bonds is 4. The number of nitrogens with one attached hydrogen (secondary N) is 1. The second kappa shape index (κ2) is 6.92. The van der Waals surface area contributed by atoms with Crippen molar-refractivity contribution < 1.29 is 14.3 Å². The lowest BCUT2D eigenvalue weighted by molar-refractivity contribution is -0.123. The van der Waals surface area contributed by atoms with Crippen LogP contribution in [-0.4, -0.2) is 25.0 Å². The molecule has 0 spiro atoms. The molecule has 2 aromatic rings. The lowest BCUT2D eigenvalue weighted by Gasteiger charge is -2.22. The first-order chi connectivity index (χ1) is 12.6. The topological polar surface area (TPSA) is 58.6 Å². The van der Waals surface area contributed by atoms with Crippen molar-refractivity contribution in [2.45, 2.75) is 26.4 Å².